The summed E-state index contributed by atoms with van der Waals surface area (Å²) in [4.78, 5) is 7.16. The fourth-order valence-corrected chi connectivity index (χ4v) is 1.50. The minimum absolute atomic E-state index is 0.778. The van der Waals surface area contributed by atoms with Gasteiger partial charge in [0, 0.05) is 11.8 Å². The number of hydrogen-bond donors (Lipinski definition) is 1. The molecule has 0 saturated carbocycles. The van der Waals surface area contributed by atoms with E-state index in [0.29, 0.717) is 0 Å². The number of benzene rings is 1. The van der Waals surface area contributed by atoms with Crippen LogP contribution in [0.15, 0.2) is 36.8 Å². The van der Waals surface area contributed by atoms with Crippen LogP contribution in [0.2, 0.25) is 0 Å². The highest BCUT2D eigenvalue weighted by molar-refractivity contribution is 5.60. The molecule has 0 aliphatic heterocycles. The van der Waals surface area contributed by atoms with Gasteiger partial charge in [0.1, 0.15) is 5.75 Å². The van der Waals surface area contributed by atoms with E-state index in [1.165, 1.54) is 0 Å². The molecule has 16 heavy (non-hydrogen) atoms. The Balaban J connectivity index is 2.08. The third kappa shape index (κ3) is 2.63. The first kappa shape index (κ1) is 10.7. The Labute approximate surface area is 95.5 Å². The minimum Gasteiger partial charge on any atom is -0.494 e. The number of imidazole rings is 1. The molecule has 0 aliphatic carbocycles. The number of unbranched alkanes of at least 4 members (excludes halogenated alkanes) is 1. The summed E-state index contributed by atoms with van der Waals surface area (Å²) >= 11 is 0. The standard InChI is InChI=1S/C13H16N2O/c1-2-3-7-16-12-6-4-5-11(8-12)13-9-14-10-15-13/h4-6,8-10H,2-3,7H2,1H3,(H,14,15). The van der Waals surface area contributed by atoms with Crippen LogP contribution < -0.4 is 4.74 Å². The van der Waals surface area contributed by atoms with Crippen molar-refractivity contribution >= 4 is 0 Å². The lowest BCUT2D eigenvalue weighted by Gasteiger charge is -2.06. The second-order valence-corrected chi connectivity index (χ2v) is 3.68. The maximum atomic E-state index is 5.65. The van der Waals surface area contributed by atoms with Crippen LogP contribution in [0, 0.1) is 0 Å². The molecule has 3 nitrogen and oxygen atoms in total. The molecule has 1 N–H and O–H groups in total. The van der Waals surface area contributed by atoms with Gasteiger partial charge in [0.05, 0.1) is 18.6 Å². The summed E-state index contributed by atoms with van der Waals surface area (Å²) in [6.07, 6.45) is 5.80. The molecule has 3 heteroatoms. The lowest BCUT2D eigenvalue weighted by Crippen LogP contribution is -1.96. The van der Waals surface area contributed by atoms with Crippen LogP contribution in [0.1, 0.15) is 19.8 Å². The lowest BCUT2D eigenvalue weighted by molar-refractivity contribution is 0.309. The number of nitrogens with one attached hydrogen (secondary N) is 1. The summed E-state index contributed by atoms with van der Waals surface area (Å²) in [5.41, 5.74) is 2.02. The third-order valence-corrected chi connectivity index (χ3v) is 2.39. The summed E-state index contributed by atoms with van der Waals surface area (Å²) in [7, 11) is 0. The van der Waals surface area contributed by atoms with Crippen LogP contribution in [0.4, 0.5) is 0 Å². The van der Waals surface area contributed by atoms with Gasteiger partial charge in [-0.3, -0.25) is 0 Å². The van der Waals surface area contributed by atoms with Gasteiger partial charge in [0.25, 0.3) is 0 Å². The Bertz CT molecular complexity index is 423. The second kappa shape index (κ2) is 5.35. The number of rotatable bonds is 5. The van der Waals surface area contributed by atoms with Gasteiger partial charge >= 0.3 is 0 Å². The largest absolute Gasteiger partial charge is 0.494 e. The van der Waals surface area contributed by atoms with Crippen molar-refractivity contribution in [3.05, 3.63) is 36.8 Å². The van der Waals surface area contributed by atoms with E-state index < -0.39 is 0 Å². The monoisotopic (exact) mass is 216 g/mol. The zero-order chi connectivity index (χ0) is 11.2. The maximum Gasteiger partial charge on any atom is 0.119 e. The van der Waals surface area contributed by atoms with E-state index in [0.717, 1.165) is 36.5 Å². The molecule has 84 valence electrons. The molecule has 0 fully saturated rings. The molecule has 1 aromatic carbocycles. The summed E-state index contributed by atoms with van der Waals surface area (Å²) in [5.74, 6) is 0.911. The number of aromatic nitrogens is 2. The number of H-pyrrole nitrogens is 1. The summed E-state index contributed by atoms with van der Waals surface area (Å²) in [6, 6.07) is 8.02. The van der Waals surface area contributed by atoms with Crippen molar-refractivity contribution < 1.29 is 4.74 Å². The molecule has 0 saturated heterocycles. The van der Waals surface area contributed by atoms with Gasteiger partial charge in [0.15, 0.2) is 0 Å². The maximum absolute atomic E-state index is 5.65. The smallest absolute Gasteiger partial charge is 0.119 e. The quantitative estimate of drug-likeness (QED) is 0.779. The Hall–Kier alpha value is -1.77. The average molecular weight is 216 g/mol. The number of ether oxygens (including phenoxy) is 1. The fraction of sp³-hybridized carbons (Fsp3) is 0.308. The van der Waals surface area contributed by atoms with E-state index in [2.05, 4.69) is 16.9 Å². The van der Waals surface area contributed by atoms with Gasteiger partial charge in [-0.15, -0.1) is 0 Å². The topological polar surface area (TPSA) is 37.9 Å². The zero-order valence-corrected chi connectivity index (χ0v) is 9.44. The van der Waals surface area contributed by atoms with Crippen molar-refractivity contribution in [2.24, 2.45) is 0 Å². The van der Waals surface area contributed by atoms with Crippen LogP contribution in [0.3, 0.4) is 0 Å². The second-order valence-electron chi connectivity index (χ2n) is 3.68. The molecule has 0 bridgehead atoms. The SMILES string of the molecule is CCCCOc1cccc(-c2c[nH]cn2)c1. The highest BCUT2D eigenvalue weighted by atomic mass is 16.5. The summed E-state index contributed by atoms with van der Waals surface area (Å²) in [5, 5.41) is 0. The minimum atomic E-state index is 0.778. The lowest BCUT2D eigenvalue weighted by atomic mass is 10.1. The van der Waals surface area contributed by atoms with Crippen molar-refractivity contribution in [2.75, 3.05) is 6.61 Å². The van der Waals surface area contributed by atoms with Crippen molar-refractivity contribution in [3.63, 3.8) is 0 Å². The Kier molecular flexibility index (Phi) is 3.59. The van der Waals surface area contributed by atoms with Gasteiger partial charge in [-0.1, -0.05) is 25.5 Å². The van der Waals surface area contributed by atoms with Gasteiger partial charge in [0.2, 0.25) is 0 Å². The zero-order valence-electron chi connectivity index (χ0n) is 9.44. The molecule has 0 amide bonds. The molecule has 2 rings (SSSR count). The van der Waals surface area contributed by atoms with E-state index in [1.807, 2.05) is 30.5 Å². The highest BCUT2D eigenvalue weighted by Gasteiger charge is 2.01. The number of nitrogens with zero attached hydrogens (tertiary/aromatic N) is 1. The Morgan fingerprint density at radius 1 is 1.38 bits per heavy atom. The van der Waals surface area contributed by atoms with Crippen LogP contribution in [-0.4, -0.2) is 16.6 Å². The van der Waals surface area contributed by atoms with Gasteiger partial charge in [-0.25, -0.2) is 4.98 Å². The van der Waals surface area contributed by atoms with Gasteiger partial charge in [-0.05, 0) is 18.6 Å². The van der Waals surface area contributed by atoms with Crippen LogP contribution in [-0.2, 0) is 0 Å². The van der Waals surface area contributed by atoms with Gasteiger partial charge in [-0.2, -0.15) is 0 Å². The molecular formula is C13H16N2O. The normalized spacial score (nSPS) is 10.3. The molecule has 1 heterocycles. The summed E-state index contributed by atoms with van der Waals surface area (Å²) < 4.78 is 5.65. The van der Waals surface area contributed by atoms with Crippen molar-refractivity contribution in [1.82, 2.24) is 9.97 Å². The van der Waals surface area contributed by atoms with Crippen LogP contribution >= 0.6 is 0 Å². The van der Waals surface area contributed by atoms with Crippen molar-refractivity contribution in [3.8, 4) is 17.0 Å². The molecule has 0 aliphatic rings. The molecule has 2 aromatic rings. The average Bonchev–Trinajstić information content (AvgIpc) is 2.83. The molecule has 0 radical (unpaired) electrons. The van der Waals surface area contributed by atoms with Crippen molar-refractivity contribution in [2.45, 2.75) is 19.8 Å². The van der Waals surface area contributed by atoms with E-state index in [1.54, 1.807) is 6.33 Å². The number of aromatic amines is 1. The van der Waals surface area contributed by atoms with Crippen LogP contribution in [0.25, 0.3) is 11.3 Å². The molecular weight excluding hydrogens is 200 g/mol. The van der Waals surface area contributed by atoms with E-state index >= 15 is 0 Å². The Morgan fingerprint density at radius 2 is 2.31 bits per heavy atom. The first-order chi connectivity index (χ1) is 7.90. The molecule has 0 atom stereocenters. The third-order valence-electron chi connectivity index (χ3n) is 2.39. The first-order valence-electron chi connectivity index (χ1n) is 5.62. The number of hydrogen-bond acceptors (Lipinski definition) is 2. The first-order valence-corrected chi connectivity index (χ1v) is 5.62. The Morgan fingerprint density at radius 3 is 3.06 bits per heavy atom. The van der Waals surface area contributed by atoms with E-state index in [9.17, 15) is 0 Å². The molecule has 0 unspecified atom stereocenters. The predicted molar refractivity (Wildman–Crippen MR) is 64.4 cm³/mol. The van der Waals surface area contributed by atoms with Crippen LogP contribution in [0.5, 0.6) is 5.75 Å². The van der Waals surface area contributed by atoms with Crippen molar-refractivity contribution in [1.29, 1.82) is 0 Å². The van der Waals surface area contributed by atoms with E-state index in [4.69, 9.17) is 4.74 Å². The predicted octanol–water partition coefficient (Wildman–Crippen LogP) is 3.26. The highest BCUT2D eigenvalue weighted by Crippen LogP contribution is 2.21. The molecule has 1 aromatic heterocycles. The summed E-state index contributed by atoms with van der Waals surface area (Å²) in [6.45, 7) is 2.93. The molecule has 0 spiro atoms. The van der Waals surface area contributed by atoms with Gasteiger partial charge < -0.3 is 9.72 Å². The van der Waals surface area contributed by atoms with E-state index in [-0.39, 0.29) is 0 Å². The fourth-order valence-electron chi connectivity index (χ4n) is 1.50.